The highest BCUT2D eigenvalue weighted by Gasteiger charge is 2.37. The van der Waals surface area contributed by atoms with Gasteiger partial charge in [-0.1, -0.05) is 12.1 Å². The molecule has 2 saturated heterocycles. The topological polar surface area (TPSA) is 65.5 Å². The molecule has 0 saturated carbocycles. The molecule has 6 nitrogen and oxygen atoms in total. The minimum Gasteiger partial charge on any atom is -0.336 e. The van der Waals surface area contributed by atoms with Crippen LogP contribution in [-0.2, 0) is 0 Å². The van der Waals surface area contributed by atoms with Crippen molar-refractivity contribution in [1.29, 1.82) is 0 Å². The molecule has 118 valence electrons. The van der Waals surface area contributed by atoms with E-state index in [0.29, 0.717) is 31.7 Å². The van der Waals surface area contributed by atoms with Gasteiger partial charge in [-0.05, 0) is 24.6 Å². The number of pyridine rings is 1. The van der Waals surface area contributed by atoms with Crippen molar-refractivity contribution in [3.63, 3.8) is 0 Å². The SMILES string of the molecule is Cc1ccc(C(=O)N2CCN3C(=O)NCC3C2)c2ncccc12. The van der Waals surface area contributed by atoms with Crippen molar-refractivity contribution in [2.75, 3.05) is 26.2 Å². The molecular weight excluding hydrogens is 292 g/mol. The van der Waals surface area contributed by atoms with Crippen molar-refractivity contribution in [3.8, 4) is 0 Å². The van der Waals surface area contributed by atoms with Crippen LogP contribution < -0.4 is 5.32 Å². The summed E-state index contributed by atoms with van der Waals surface area (Å²) in [6, 6.07) is 7.75. The second-order valence-corrected chi connectivity index (χ2v) is 6.11. The molecule has 23 heavy (non-hydrogen) atoms. The summed E-state index contributed by atoms with van der Waals surface area (Å²) in [6.45, 7) is 4.34. The molecule has 2 aromatic rings. The molecule has 0 aliphatic carbocycles. The van der Waals surface area contributed by atoms with Crippen LogP contribution in [0.4, 0.5) is 4.79 Å². The Kier molecular flexibility index (Phi) is 3.18. The Hall–Kier alpha value is -2.63. The molecule has 0 radical (unpaired) electrons. The molecule has 1 aromatic heterocycles. The Morgan fingerprint density at radius 3 is 3.04 bits per heavy atom. The van der Waals surface area contributed by atoms with Crippen LogP contribution in [0.5, 0.6) is 0 Å². The first-order valence-electron chi connectivity index (χ1n) is 7.83. The first-order valence-corrected chi connectivity index (χ1v) is 7.83. The fraction of sp³-hybridized carbons (Fsp3) is 0.353. The molecule has 3 heterocycles. The van der Waals surface area contributed by atoms with E-state index < -0.39 is 0 Å². The van der Waals surface area contributed by atoms with Gasteiger partial charge in [-0.15, -0.1) is 0 Å². The third-order valence-electron chi connectivity index (χ3n) is 4.74. The molecule has 1 unspecified atom stereocenters. The molecule has 1 N–H and O–H groups in total. The summed E-state index contributed by atoms with van der Waals surface area (Å²) >= 11 is 0. The monoisotopic (exact) mass is 310 g/mol. The smallest absolute Gasteiger partial charge is 0.317 e. The predicted octanol–water partition coefficient (Wildman–Crippen LogP) is 1.39. The molecule has 2 fully saturated rings. The number of hydrogen-bond acceptors (Lipinski definition) is 3. The third kappa shape index (κ3) is 2.21. The maximum atomic E-state index is 13.0. The normalized spacial score (nSPS) is 20.6. The molecule has 1 aromatic carbocycles. The van der Waals surface area contributed by atoms with Gasteiger partial charge in [0.1, 0.15) is 0 Å². The lowest BCUT2D eigenvalue weighted by Gasteiger charge is -2.36. The molecule has 0 spiro atoms. The predicted molar refractivity (Wildman–Crippen MR) is 86.3 cm³/mol. The van der Waals surface area contributed by atoms with Gasteiger partial charge in [0.15, 0.2) is 0 Å². The summed E-state index contributed by atoms with van der Waals surface area (Å²) in [5.41, 5.74) is 2.50. The number of nitrogens with one attached hydrogen (secondary N) is 1. The zero-order valence-electron chi connectivity index (χ0n) is 13.0. The van der Waals surface area contributed by atoms with Crippen LogP contribution in [0, 0.1) is 6.92 Å². The lowest BCUT2D eigenvalue weighted by Crippen LogP contribution is -2.53. The summed E-state index contributed by atoms with van der Waals surface area (Å²) < 4.78 is 0. The second-order valence-electron chi connectivity index (χ2n) is 6.11. The number of urea groups is 1. The average Bonchev–Trinajstić information content (AvgIpc) is 2.95. The first-order chi connectivity index (χ1) is 11.1. The van der Waals surface area contributed by atoms with E-state index in [4.69, 9.17) is 0 Å². The van der Waals surface area contributed by atoms with E-state index >= 15 is 0 Å². The molecule has 3 amide bonds. The van der Waals surface area contributed by atoms with Gasteiger partial charge in [0.25, 0.3) is 5.91 Å². The highest BCUT2D eigenvalue weighted by atomic mass is 16.2. The maximum Gasteiger partial charge on any atom is 0.317 e. The number of carbonyl (C=O) groups excluding carboxylic acids is 2. The number of carbonyl (C=O) groups is 2. The number of fused-ring (bicyclic) bond motifs is 2. The Morgan fingerprint density at radius 1 is 1.30 bits per heavy atom. The lowest BCUT2D eigenvalue weighted by molar-refractivity contribution is 0.0618. The number of amides is 3. The van der Waals surface area contributed by atoms with Crippen LogP contribution in [0.3, 0.4) is 0 Å². The molecule has 1 atom stereocenters. The molecule has 0 bridgehead atoms. The van der Waals surface area contributed by atoms with Crippen molar-refractivity contribution in [2.45, 2.75) is 13.0 Å². The van der Waals surface area contributed by atoms with E-state index in [0.717, 1.165) is 16.5 Å². The minimum atomic E-state index is -0.0236. The summed E-state index contributed by atoms with van der Waals surface area (Å²) in [6.07, 6.45) is 1.72. The maximum absolute atomic E-state index is 13.0. The van der Waals surface area contributed by atoms with E-state index in [1.807, 2.05) is 41.0 Å². The van der Waals surface area contributed by atoms with Gasteiger partial charge < -0.3 is 15.1 Å². The second kappa shape index (κ2) is 5.22. The van der Waals surface area contributed by atoms with Crippen molar-refractivity contribution < 1.29 is 9.59 Å². The van der Waals surface area contributed by atoms with Crippen LogP contribution in [0.2, 0.25) is 0 Å². The van der Waals surface area contributed by atoms with Gasteiger partial charge >= 0.3 is 6.03 Å². The standard InChI is InChI=1S/C17H18N4O2/c1-11-4-5-14(15-13(11)3-2-6-18-15)16(22)20-7-8-21-12(10-20)9-19-17(21)23/h2-6,12H,7-10H2,1H3,(H,19,23). The van der Waals surface area contributed by atoms with Gasteiger partial charge in [0.2, 0.25) is 0 Å². The molecule has 2 aliphatic rings. The number of aromatic nitrogens is 1. The summed E-state index contributed by atoms with van der Waals surface area (Å²) in [5.74, 6) is -0.00676. The molecule has 6 heteroatoms. The molecular formula is C17H18N4O2. The first kappa shape index (κ1) is 14.0. The van der Waals surface area contributed by atoms with Crippen molar-refractivity contribution >= 4 is 22.8 Å². The highest BCUT2D eigenvalue weighted by molar-refractivity contribution is 6.06. The minimum absolute atomic E-state index is 0.00676. The van der Waals surface area contributed by atoms with Crippen LogP contribution in [0.25, 0.3) is 10.9 Å². The van der Waals surface area contributed by atoms with E-state index in [-0.39, 0.29) is 18.0 Å². The third-order valence-corrected chi connectivity index (χ3v) is 4.74. The van der Waals surface area contributed by atoms with E-state index in [1.165, 1.54) is 0 Å². The van der Waals surface area contributed by atoms with Crippen molar-refractivity contribution in [3.05, 3.63) is 41.6 Å². The molecule has 2 aliphatic heterocycles. The number of hydrogen-bond donors (Lipinski definition) is 1. The van der Waals surface area contributed by atoms with Crippen LogP contribution >= 0.6 is 0 Å². The zero-order valence-corrected chi connectivity index (χ0v) is 13.0. The molecule has 4 rings (SSSR count). The zero-order chi connectivity index (χ0) is 16.0. The van der Waals surface area contributed by atoms with E-state index in [9.17, 15) is 9.59 Å². The lowest BCUT2D eigenvalue weighted by atomic mass is 10.0. The Morgan fingerprint density at radius 2 is 2.17 bits per heavy atom. The van der Waals surface area contributed by atoms with Crippen LogP contribution in [0.15, 0.2) is 30.5 Å². The van der Waals surface area contributed by atoms with Crippen LogP contribution in [-0.4, -0.2) is 58.9 Å². The van der Waals surface area contributed by atoms with E-state index in [1.54, 1.807) is 6.20 Å². The van der Waals surface area contributed by atoms with Gasteiger partial charge in [-0.3, -0.25) is 9.78 Å². The summed E-state index contributed by atoms with van der Waals surface area (Å²) in [7, 11) is 0. The summed E-state index contributed by atoms with van der Waals surface area (Å²) in [4.78, 5) is 32.7. The highest BCUT2D eigenvalue weighted by Crippen LogP contribution is 2.23. The van der Waals surface area contributed by atoms with Gasteiger partial charge in [0.05, 0.1) is 17.1 Å². The Labute approximate surface area is 134 Å². The van der Waals surface area contributed by atoms with Gasteiger partial charge in [-0.25, -0.2) is 4.79 Å². The van der Waals surface area contributed by atoms with Gasteiger partial charge in [-0.2, -0.15) is 0 Å². The largest absolute Gasteiger partial charge is 0.336 e. The summed E-state index contributed by atoms with van der Waals surface area (Å²) in [5, 5.41) is 3.84. The number of piperazine rings is 1. The number of aryl methyl sites for hydroxylation is 1. The fourth-order valence-corrected chi connectivity index (χ4v) is 3.45. The fourth-order valence-electron chi connectivity index (χ4n) is 3.45. The average molecular weight is 310 g/mol. The number of benzene rings is 1. The van der Waals surface area contributed by atoms with Gasteiger partial charge in [0, 0.05) is 37.8 Å². The van der Waals surface area contributed by atoms with Crippen LogP contribution in [0.1, 0.15) is 15.9 Å². The van der Waals surface area contributed by atoms with Crippen molar-refractivity contribution in [1.82, 2.24) is 20.1 Å². The number of rotatable bonds is 1. The quantitative estimate of drug-likeness (QED) is 0.866. The Balaban J connectivity index is 1.65. The van der Waals surface area contributed by atoms with Crippen molar-refractivity contribution in [2.24, 2.45) is 0 Å². The van der Waals surface area contributed by atoms with E-state index in [2.05, 4.69) is 10.3 Å². The number of nitrogens with zero attached hydrogens (tertiary/aromatic N) is 3. The Bertz CT molecular complexity index is 804.